The second kappa shape index (κ2) is 3.96. The molecule has 1 nitrogen and oxygen atoms in total. The molecule has 0 heterocycles. The number of hydrogen-bond acceptors (Lipinski definition) is 1. The van der Waals surface area contributed by atoms with Crippen LogP contribution in [0.2, 0.25) is 0 Å². The molecule has 0 saturated heterocycles. The molecule has 78 valence electrons. The van der Waals surface area contributed by atoms with Crippen LogP contribution in [0.1, 0.15) is 11.5 Å². The molecule has 0 aliphatic heterocycles. The lowest BCUT2D eigenvalue weighted by atomic mass is 9.99. The Morgan fingerprint density at radius 2 is 1.93 bits per heavy atom. The average molecular weight is 207 g/mol. The lowest BCUT2D eigenvalue weighted by molar-refractivity contribution is -0.148. The summed E-state index contributed by atoms with van der Waals surface area (Å²) < 4.78 is 49.6. The van der Waals surface area contributed by atoms with E-state index in [-0.39, 0.29) is 5.56 Å². The molecule has 0 bridgehead atoms. The van der Waals surface area contributed by atoms with E-state index >= 15 is 0 Å². The van der Waals surface area contributed by atoms with Gasteiger partial charge in [0.15, 0.2) is 0 Å². The lowest BCUT2D eigenvalue weighted by Gasteiger charge is -2.18. The Morgan fingerprint density at radius 1 is 1.29 bits per heavy atom. The van der Waals surface area contributed by atoms with Gasteiger partial charge in [-0.1, -0.05) is 12.1 Å². The minimum atomic E-state index is -4.43. The van der Waals surface area contributed by atoms with Crippen molar-refractivity contribution in [2.24, 2.45) is 5.73 Å². The molecule has 1 aromatic rings. The van der Waals surface area contributed by atoms with Gasteiger partial charge in [-0.3, -0.25) is 0 Å². The quantitative estimate of drug-likeness (QED) is 0.740. The summed E-state index contributed by atoms with van der Waals surface area (Å²) >= 11 is 0. The summed E-state index contributed by atoms with van der Waals surface area (Å²) in [5, 5.41) is 0. The van der Waals surface area contributed by atoms with E-state index in [0.717, 1.165) is 12.1 Å². The number of benzene rings is 1. The molecule has 1 unspecified atom stereocenters. The molecule has 0 aliphatic rings. The van der Waals surface area contributed by atoms with E-state index < -0.39 is 24.5 Å². The minimum absolute atomic E-state index is 0.139. The van der Waals surface area contributed by atoms with Crippen LogP contribution < -0.4 is 5.73 Å². The molecule has 14 heavy (non-hydrogen) atoms. The Kier molecular flexibility index (Phi) is 3.10. The molecule has 0 fully saturated rings. The maximum atomic E-state index is 12.6. The van der Waals surface area contributed by atoms with Crippen LogP contribution in [0.4, 0.5) is 17.6 Å². The van der Waals surface area contributed by atoms with E-state index in [1.54, 1.807) is 0 Å². The number of hydrogen-bond donors (Lipinski definition) is 1. The monoisotopic (exact) mass is 207 g/mol. The van der Waals surface area contributed by atoms with Gasteiger partial charge in [-0.2, -0.15) is 13.2 Å². The van der Waals surface area contributed by atoms with Gasteiger partial charge in [0.05, 0.1) is 5.92 Å². The van der Waals surface area contributed by atoms with Crippen molar-refractivity contribution in [2.45, 2.75) is 12.1 Å². The van der Waals surface area contributed by atoms with Gasteiger partial charge in [0, 0.05) is 6.54 Å². The summed E-state index contributed by atoms with van der Waals surface area (Å²) in [7, 11) is 0. The van der Waals surface area contributed by atoms with Crippen LogP contribution in [-0.2, 0) is 0 Å². The molecule has 1 rings (SSSR count). The maximum Gasteiger partial charge on any atom is 0.396 e. The fourth-order valence-electron chi connectivity index (χ4n) is 1.18. The highest BCUT2D eigenvalue weighted by molar-refractivity contribution is 5.22. The first-order chi connectivity index (χ1) is 6.45. The first kappa shape index (κ1) is 11.0. The molecule has 0 saturated carbocycles. The average Bonchev–Trinajstić information content (AvgIpc) is 2.02. The third-order valence-electron chi connectivity index (χ3n) is 1.88. The van der Waals surface area contributed by atoms with Crippen LogP contribution in [0.3, 0.4) is 0 Å². The largest absolute Gasteiger partial charge is 0.396 e. The summed E-state index contributed by atoms with van der Waals surface area (Å²) in [6.07, 6.45) is -4.43. The number of alkyl halides is 3. The van der Waals surface area contributed by atoms with Crippen molar-refractivity contribution in [1.82, 2.24) is 0 Å². The molecule has 0 radical (unpaired) electrons. The summed E-state index contributed by atoms with van der Waals surface area (Å²) in [5.74, 6) is -2.48. The zero-order valence-corrected chi connectivity index (χ0v) is 7.18. The number of halogens is 4. The third-order valence-corrected chi connectivity index (χ3v) is 1.88. The number of nitrogens with two attached hydrogens (primary N) is 1. The molecule has 0 aliphatic carbocycles. The molecule has 0 amide bonds. The van der Waals surface area contributed by atoms with Gasteiger partial charge in [-0.05, 0) is 17.7 Å². The fourth-order valence-corrected chi connectivity index (χ4v) is 1.18. The molecule has 0 spiro atoms. The Balaban J connectivity index is 3.01. The van der Waals surface area contributed by atoms with E-state index in [2.05, 4.69) is 0 Å². The standard InChI is InChI=1S/C9H9F4N/c10-7-3-1-2-6(4-7)8(5-14)9(11,12)13/h1-4,8H,5,14H2. The van der Waals surface area contributed by atoms with Crippen LogP contribution in [0.25, 0.3) is 0 Å². The van der Waals surface area contributed by atoms with E-state index in [1.807, 2.05) is 0 Å². The van der Waals surface area contributed by atoms with Crippen molar-refractivity contribution < 1.29 is 17.6 Å². The fraction of sp³-hybridized carbons (Fsp3) is 0.333. The second-order valence-corrected chi connectivity index (χ2v) is 2.88. The smallest absolute Gasteiger partial charge is 0.330 e. The maximum absolute atomic E-state index is 12.6. The first-order valence-corrected chi connectivity index (χ1v) is 3.97. The van der Waals surface area contributed by atoms with Gasteiger partial charge < -0.3 is 5.73 Å². The topological polar surface area (TPSA) is 26.0 Å². The van der Waals surface area contributed by atoms with Crippen molar-refractivity contribution in [3.63, 3.8) is 0 Å². The lowest BCUT2D eigenvalue weighted by Crippen LogP contribution is -2.28. The van der Waals surface area contributed by atoms with Crippen molar-refractivity contribution in [3.8, 4) is 0 Å². The summed E-state index contributed by atoms with van der Waals surface area (Å²) in [4.78, 5) is 0. The van der Waals surface area contributed by atoms with Gasteiger partial charge in [-0.25, -0.2) is 4.39 Å². The molecule has 1 aromatic carbocycles. The molecule has 0 aromatic heterocycles. The van der Waals surface area contributed by atoms with Crippen molar-refractivity contribution in [1.29, 1.82) is 0 Å². The molecule has 5 heteroatoms. The van der Waals surface area contributed by atoms with E-state index in [1.165, 1.54) is 12.1 Å². The summed E-state index contributed by atoms with van der Waals surface area (Å²) in [5.41, 5.74) is 4.86. The van der Waals surface area contributed by atoms with Gasteiger partial charge >= 0.3 is 6.18 Å². The van der Waals surface area contributed by atoms with Crippen LogP contribution in [0, 0.1) is 5.82 Å². The van der Waals surface area contributed by atoms with Crippen LogP contribution in [0.15, 0.2) is 24.3 Å². The molecule has 1 atom stereocenters. The second-order valence-electron chi connectivity index (χ2n) is 2.88. The first-order valence-electron chi connectivity index (χ1n) is 3.97. The SMILES string of the molecule is NCC(c1cccc(F)c1)C(F)(F)F. The van der Waals surface area contributed by atoms with E-state index in [0.29, 0.717) is 0 Å². The Labute approximate surface area is 78.5 Å². The normalized spacial score (nSPS) is 14.1. The minimum Gasteiger partial charge on any atom is -0.330 e. The molecule has 2 N–H and O–H groups in total. The highest BCUT2D eigenvalue weighted by Gasteiger charge is 2.39. The Hall–Kier alpha value is -1.10. The highest BCUT2D eigenvalue weighted by Crippen LogP contribution is 2.33. The van der Waals surface area contributed by atoms with E-state index in [4.69, 9.17) is 5.73 Å². The molecular formula is C9H9F4N. The Morgan fingerprint density at radius 3 is 2.36 bits per heavy atom. The summed E-state index contributed by atoms with van der Waals surface area (Å²) in [6.45, 7) is -0.576. The van der Waals surface area contributed by atoms with Gasteiger partial charge in [-0.15, -0.1) is 0 Å². The zero-order chi connectivity index (χ0) is 10.8. The predicted octanol–water partition coefficient (Wildman–Crippen LogP) is 2.43. The van der Waals surface area contributed by atoms with Crippen molar-refractivity contribution in [3.05, 3.63) is 35.6 Å². The predicted molar refractivity (Wildman–Crippen MR) is 44.3 cm³/mol. The van der Waals surface area contributed by atoms with Gasteiger partial charge in [0.25, 0.3) is 0 Å². The Bertz CT molecular complexity index is 308. The third kappa shape index (κ3) is 2.45. The molecular weight excluding hydrogens is 198 g/mol. The summed E-state index contributed by atoms with van der Waals surface area (Å²) in [6, 6.07) is 4.39. The van der Waals surface area contributed by atoms with Crippen molar-refractivity contribution in [2.75, 3.05) is 6.54 Å². The van der Waals surface area contributed by atoms with E-state index in [9.17, 15) is 17.6 Å². The number of rotatable bonds is 2. The van der Waals surface area contributed by atoms with Crippen LogP contribution in [0.5, 0.6) is 0 Å². The zero-order valence-electron chi connectivity index (χ0n) is 7.18. The highest BCUT2D eigenvalue weighted by atomic mass is 19.4. The van der Waals surface area contributed by atoms with Crippen LogP contribution >= 0.6 is 0 Å². The van der Waals surface area contributed by atoms with Crippen molar-refractivity contribution >= 4 is 0 Å². The van der Waals surface area contributed by atoms with Gasteiger partial charge in [0.1, 0.15) is 5.82 Å². The van der Waals surface area contributed by atoms with Crippen LogP contribution in [-0.4, -0.2) is 12.7 Å². The van der Waals surface area contributed by atoms with Gasteiger partial charge in [0.2, 0.25) is 0 Å².